The van der Waals surface area contributed by atoms with Crippen molar-refractivity contribution in [3.8, 4) is 5.69 Å². The van der Waals surface area contributed by atoms with Gasteiger partial charge in [-0.1, -0.05) is 11.6 Å². The molecule has 0 unspecified atom stereocenters. The minimum absolute atomic E-state index is 0.270. The molecule has 0 bridgehead atoms. The Hall–Kier alpha value is -2.03. The number of amides is 2. The first-order chi connectivity index (χ1) is 14.1. The lowest BCUT2D eigenvalue weighted by molar-refractivity contribution is -0.149. The van der Waals surface area contributed by atoms with Crippen molar-refractivity contribution in [3.05, 3.63) is 55.6 Å². The van der Waals surface area contributed by atoms with Crippen molar-refractivity contribution in [2.75, 3.05) is 6.54 Å². The van der Waals surface area contributed by atoms with E-state index in [9.17, 15) is 14.4 Å². The van der Waals surface area contributed by atoms with Gasteiger partial charge >= 0.3 is 5.97 Å². The number of carbonyl (C=O) groups excluding carboxylic acids is 3. The lowest BCUT2D eigenvalue weighted by Crippen LogP contribution is -2.35. The smallest absolute Gasteiger partial charge is 0.326 e. The number of imide groups is 1. The number of carbonyl (C=O) groups is 3. The monoisotopic (exact) mass is 510 g/mol. The fraction of sp³-hybridized carbons (Fsp3) is 0.286. The molecular weight excluding hydrogens is 492 g/mol. The summed E-state index contributed by atoms with van der Waals surface area (Å²) in [5.74, 6) is -1.11. The van der Waals surface area contributed by atoms with E-state index in [1.807, 2.05) is 42.7 Å². The van der Waals surface area contributed by atoms with Crippen LogP contribution >= 0.6 is 39.3 Å². The van der Waals surface area contributed by atoms with E-state index in [2.05, 4.69) is 15.9 Å². The highest BCUT2D eigenvalue weighted by atomic mass is 79.9. The average Bonchev–Trinajstić information content (AvgIpc) is 3.07. The number of ether oxygens (including phenoxy) is 1. The van der Waals surface area contributed by atoms with Gasteiger partial charge in [-0.25, -0.2) is 0 Å². The SMILES string of the molecule is Cc1cc(/C=C2/SC(=O)N(CC(=O)OC(C)C)C2=O)c(C)n1-c1ccc(Br)c(Cl)c1. The van der Waals surface area contributed by atoms with Gasteiger partial charge in [-0.3, -0.25) is 19.3 Å². The third kappa shape index (κ3) is 4.66. The van der Waals surface area contributed by atoms with Gasteiger partial charge in [0.1, 0.15) is 6.54 Å². The van der Waals surface area contributed by atoms with Crippen LogP contribution in [0.2, 0.25) is 5.02 Å². The molecule has 0 aliphatic carbocycles. The summed E-state index contributed by atoms with van der Waals surface area (Å²) in [7, 11) is 0. The Morgan fingerprint density at radius 1 is 1.27 bits per heavy atom. The van der Waals surface area contributed by atoms with Crippen molar-refractivity contribution < 1.29 is 19.1 Å². The second kappa shape index (κ2) is 8.99. The van der Waals surface area contributed by atoms with E-state index in [0.717, 1.165) is 43.8 Å². The van der Waals surface area contributed by atoms with Crippen LogP contribution in [-0.4, -0.2) is 39.2 Å². The Morgan fingerprint density at radius 2 is 1.97 bits per heavy atom. The number of benzene rings is 1. The van der Waals surface area contributed by atoms with E-state index in [1.165, 1.54) is 0 Å². The summed E-state index contributed by atoms with van der Waals surface area (Å²) < 4.78 is 7.86. The molecule has 0 N–H and O–H groups in total. The first-order valence-electron chi connectivity index (χ1n) is 9.17. The van der Waals surface area contributed by atoms with Crippen molar-refractivity contribution in [3.63, 3.8) is 0 Å². The number of aromatic nitrogens is 1. The Labute approximate surface area is 192 Å². The van der Waals surface area contributed by atoms with Gasteiger partial charge in [-0.15, -0.1) is 0 Å². The van der Waals surface area contributed by atoms with Crippen LogP contribution in [0.4, 0.5) is 4.79 Å². The molecule has 1 fully saturated rings. The zero-order valence-corrected chi connectivity index (χ0v) is 20.0. The van der Waals surface area contributed by atoms with Crippen LogP contribution in [0.15, 0.2) is 33.6 Å². The molecule has 9 heteroatoms. The molecule has 1 saturated heterocycles. The molecule has 1 aliphatic rings. The van der Waals surface area contributed by atoms with Gasteiger partial charge in [0, 0.05) is 21.5 Å². The summed E-state index contributed by atoms with van der Waals surface area (Å²) in [4.78, 5) is 38.0. The predicted octanol–water partition coefficient (Wildman–Crippen LogP) is 5.50. The van der Waals surface area contributed by atoms with Crippen LogP contribution in [-0.2, 0) is 14.3 Å². The Balaban J connectivity index is 1.89. The molecule has 3 rings (SSSR count). The zero-order chi connectivity index (χ0) is 22.2. The lowest BCUT2D eigenvalue weighted by Gasteiger charge is -2.13. The van der Waals surface area contributed by atoms with E-state index < -0.39 is 23.7 Å². The molecule has 0 atom stereocenters. The molecule has 2 aromatic rings. The van der Waals surface area contributed by atoms with Crippen molar-refractivity contribution in [2.45, 2.75) is 33.8 Å². The second-order valence-electron chi connectivity index (χ2n) is 7.07. The summed E-state index contributed by atoms with van der Waals surface area (Å²) in [5.41, 5.74) is 3.55. The maximum Gasteiger partial charge on any atom is 0.326 e. The average molecular weight is 512 g/mol. The van der Waals surface area contributed by atoms with E-state index in [4.69, 9.17) is 16.3 Å². The van der Waals surface area contributed by atoms with E-state index in [-0.39, 0.29) is 11.0 Å². The maximum atomic E-state index is 12.7. The van der Waals surface area contributed by atoms with Crippen LogP contribution in [0.25, 0.3) is 11.8 Å². The van der Waals surface area contributed by atoms with E-state index in [0.29, 0.717) is 5.02 Å². The molecule has 1 aromatic carbocycles. The molecule has 0 radical (unpaired) electrons. The molecule has 158 valence electrons. The Bertz CT molecular complexity index is 1080. The van der Waals surface area contributed by atoms with Crippen molar-refractivity contribution in [1.82, 2.24) is 9.47 Å². The van der Waals surface area contributed by atoms with Crippen molar-refractivity contribution in [1.29, 1.82) is 0 Å². The third-order valence-electron chi connectivity index (χ3n) is 4.45. The molecule has 1 aromatic heterocycles. The van der Waals surface area contributed by atoms with Gasteiger partial charge in [0.25, 0.3) is 11.1 Å². The molecular formula is C21H20BrClN2O4S. The van der Waals surface area contributed by atoms with Gasteiger partial charge in [0.05, 0.1) is 16.0 Å². The quantitative estimate of drug-likeness (QED) is 0.392. The number of hydrogen-bond acceptors (Lipinski definition) is 5. The van der Waals surface area contributed by atoms with Gasteiger partial charge in [-0.05, 0) is 91.3 Å². The van der Waals surface area contributed by atoms with Gasteiger partial charge in [-0.2, -0.15) is 0 Å². The molecule has 6 nitrogen and oxygen atoms in total. The fourth-order valence-corrected chi connectivity index (χ4v) is 4.41. The number of rotatable bonds is 5. The first-order valence-corrected chi connectivity index (χ1v) is 11.2. The minimum Gasteiger partial charge on any atom is -0.462 e. The third-order valence-corrected chi connectivity index (χ3v) is 6.59. The standard InChI is InChI=1S/C21H20BrClN2O4S/c1-11(2)29-19(26)10-24-20(27)18(30-21(24)28)8-14-7-12(3)25(13(14)4)15-5-6-16(22)17(23)9-15/h5-9,11H,10H2,1-4H3/b18-8+. The Morgan fingerprint density at radius 3 is 2.60 bits per heavy atom. The molecule has 0 saturated carbocycles. The van der Waals surface area contributed by atoms with Crippen LogP contribution in [0, 0.1) is 13.8 Å². The zero-order valence-electron chi connectivity index (χ0n) is 16.9. The predicted molar refractivity (Wildman–Crippen MR) is 122 cm³/mol. The highest BCUT2D eigenvalue weighted by molar-refractivity contribution is 9.10. The molecule has 2 amide bonds. The van der Waals surface area contributed by atoms with Crippen LogP contribution in [0.3, 0.4) is 0 Å². The van der Waals surface area contributed by atoms with Crippen LogP contribution < -0.4 is 0 Å². The molecule has 1 aliphatic heterocycles. The second-order valence-corrected chi connectivity index (χ2v) is 9.32. The summed E-state index contributed by atoms with van der Waals surface area (Å²) in [6.07, 6.45) is 1.36. The number of esters is 1. The largest absolute Gasteiger partial charge is 0.462 e. The number of thioether (sulfide) groups is 1. The highest BCUT2D eigenvalue weighted by Gasteiger charge is 2.37. The number of nitrogens with zero attached hydrogens (tertiary/aromatic N) is 2. The fourth-order valence-electron chi connectivity index (χ4n) is 3.16. The van der Waals surface area contributed by atoms with E-state index in [1.54, 1.807) is 19.9 Å². The van der Waals surface area contributed by atoms with Gasteiger partial charge in [0.15, 0.2) is 0 Å². The van der Waals surface area contributed by atoms with Crippen molar-refractivity contribution in [2.24, 2.45) is 0 Å². The van der Waals surface area contributed by atoms with E-state index >= 15 is 0 Å². The summed E-state index contributed by atoms with van der Waals surface area (Å²) in [6, 6.07) is 7.60. The summed E-state index contributed by atoms with van der Waals surface area (Å²) >= 11 is 10.4. The summed E-state index contributed by atoms with van der Waals surface area (Å²) in [6.45, 7) is 6.91. The summed E-state index contributed by atoms with van der Waals surface area (Å²) in [5, 5.41) is 0.108. The van der Waals surface area contributed by atoms with Gasteiger partial charge < -0.3 is 9.30 Å². The first kappa shape index (κ1) is 22.7. The molecule has 2 heterocycles. The Kier molecular flexibility index (Phi) is 6.79. The maximum absolute atomic E-state index is 12.7. The minimum atomic E-state index is -0.612. The molecule has 0 spiro atoms. The highest BCUT2D eigenvalue weighted by Crippen LogP contribution is 2.34. The topological polar surface area (TPSA) is 68.6 Å². The van der Waals surface area contributed by atoms with Crippen LogP contribution in [0.1, 0.15) is 30.8 Å². The number of hydrogen-bond donors (Lipinski definition) is 0. The number of aryl methyl sites for hydroxylation is 1. The normalized spacial score (nSPS) is 15.6. The molecule has 30 heavy (non-hydrogen) atoms. The lowest BCUT2D eigenvalue weighted by atomic mass is 10.2. The van der Waals surface area contributed by atoms with Crippen molar-refractivity contribution >= 4 is 62.5 Å². The van der Waals surface area contributed by atoms with Crippen LogP contribution in [0.5, 0.6) is 0 Å². The number of halogens is 2. The van der Waals surface area contributed by atoms with Gasteiger partial charge in [0.2, 0.25) is 0 Å².